The van der Waals surface area contributed by atoms with Crippen molar-refractivity contribution in [3.05, 3.63) is 53.7 Å². The zero-order chi connectivity index (χ0) is 16.3. The minimum Gasteiger partial charge on any atom is -0.388 e. The number of carbonyl (C=O) groups is 1. The average Bonchev–Trinajstić information content (AvgIpc) is 3.00. The molecule has 0 atom stereocenters. The Morgan fingerprint density at radius 1 is 1.17 bits per heavy atom. The number of pyridine rings is 1. The second-order valence-corrected chi connectivity index (χ2v) is 6.31. The van der Waals surface area contributed by atoms with Crippen molar-refractivity contribution >= 4 is 5.91 Å². The molecule has 0 radical (unpaired) electrons. The predicted octanol–water partition coefficient (Wildman–Crippen LogP) is 3.09. The molecule has 3 rings (SSSR count). The summed E-state index contributed by atoms with van der Waals surface area (Å²) in [7, 11) is 0. The zero-order valence-electron chi connectivity index (χ0n) is 13.4. The summed E-state index contributed by atoms with van der Waals surface area (Å²) in [5.41, 5.74) is 2.41. The quantitative estimate of drug-likeness (QED) is 0.912. The number of hydrogen-bond acceptors (Lipinski definition) is 3. The molecule has 1 aromatic heterocycles. The molecule has 1 aliphatic rings. The molecule has 0 aliphatic heterocycles. The van der Waals surface area contributed by atoms with Gasteiger partial charge in [-0.25, -0.2) is 0 Å². The first-order valence-corrected chi connectivity index (χ1v) is 8.11. The Morgan fingerprint density at radius 3 is 2.52 bits per heavy atom. The maximum Gasteiger partial charge on any atom is 0.253 e. The fraction of sp³-hybridized carbons (Fsp3) is 0.368. The van der Waals surface area contributed by atoms with Crippen molar-refractivity contribution in [1.82, 2.24) is 10.3 Å². The highest BCUT2D eigenvalue weighted by Crippen LogP contribution is 2.28. The lowest BCUT2D eigenvalue weighted by molar-refractivity contribution is 0.0449. The summed E-state index contributed by atoms with van der Waals surface area (Å²) in [6, 6.07) is 13.6. The molecule has 4 heteroatoms. The molecule has 1 fully saturated rings. The molecule has 4 nitrogen and oxygen atoms in total. The fourth-order valence-corrected chi connectivity index (χ4v) is 3.12. The van der Waals surface area contributed by atoms with Crippen LogP contribution in [0.15, 0.2) is 42.5 Å². The second-order valence-electron chi connectivity index (χ2n) is 6.31. The van der Waals surface area contributed by atoms with Gasteiger partial charge in [-0.2, -0.15) is 0 Å². The Kier molecular flexibility index (Phi) is 4.44. The van der Waals surface area contributed by atoms with Crippen LogP contribution in [0.25, 0.3) is 11.3 Å². The number of aryl methyl sites for hydroxylation is 1. The van der Waals surface area contributed by atoms with E-state index in [1.165, 1.54) is 0 Å². The fourth-order valence-electron chi connectivity index (χ4n) is 3.12. The smallest absolute Gasteiger partial charge is 0.253 e. The first-order chi connectivity index (χ1) is 11.1. The SMILES string of the molecule is Cc1nc(-c2ccccc2)ccc1C(=O)NCC1(O)CCCC1. The number of amides is 1. The molecule has 23 heavy (non-hydrogen) atoms. The van der Waals surface area contributed by atoms with Crippen LogP contribution in [0.5, 0.6) is 0 Å². The van der Waals surface area contributed by atoms with Crippen LogP contribution in [-0.2, 0) is 0 Å². The lowest BCUT2D eigenvalue weighted by Gasteiger charge is -2.22. The van der Waals surface area contributed by atoms with Crippen LogP contribution in [-0.4, -0.2) is 28.1 Å². The highest BCUT2D eigenvalue weighted by Gasteiger charge is 2.31. The number of rotatable bonds is 4. The lowest BCUT2D eigenvalue weighted by Crippen LogP contribution is -2.41. The molecule has 1 heterocycles. The van der Waals surface area contributed by atoms with Crippen molar-refractivity contribution in [3.63, 3.8) is 0 Å². The molecule has 120 valence electrons. The summed E-state index contributed by atoms with van der Waals surface area (Å²) in [6.45, 7) is 2.15. The van der Waals surface area contributed by atoms with E-state index in [0.29, 0.717) is 17.8 Å². The van der Waals surface area contributed by atoms with E-state index in [0.717, 1.165) is 36.9 Å². The van der Waals surface area contributed by atoms with Crippen LogP contribution in [0, 0.1) is 6.92 Å². The van der Waals surface area contributed by atoms with Crippen LogP contribution >= 0.6 is 0 Å². The number of hydrogen-bond donors (Lipinski definition) is 2. The van der Waals surface area contributed by atoms with Gasteiger partial charge < -0.3 is 10.4 Å². The van der Waals surface area contributed by atoms with E-state index in [4.69, 9.17) is 0 Å². The number of nitrogens with one attached hydrogen (secondary N) is 1. The molecule has 1 aliphatic carbocycles. The number of aromatic nitrogens is 1. The van der Waals surface area contributed by atoms with Crippen molar-refractivity contribution in [2.45, 2.75) is 38.2 Å². The van der Waals surface area contributed by atoms with Crippen LogP contribution in [0.1, 0.15) is 41.7 Å². The monoisotopic (exact) mass is 310 g/mol. The molecular weight excluding hydrogens is 288 g/mol. The van der Waals surface area contributed by atoms with Gasteiger partial charge >= 0.3 is 0 Å². The summed E-state index contributed by atoms with van der Waals surface area (Å²) in [5, 5.41) is 13.2. The largest absolute Gasteiger partial charge is 0.388 e. The number of carbonyl (C=O) groups excluding carboxylic acids is 1. The zero-order valence-corrected chi connectivity index (χ0v) is 13.4. The summed E-state index contributed by atoms with van der Waals surface area (Å²) in [6.07, 6.45) is 3.58. The Morgan fingerprint density at radius 2 is 1.87 bits per heavy atom. The topological polar surface area (TPSA) is 62.2 Å². The highest BCUT2D eigenvalue weighted by atomic mass is 16.3. The summed E-state index contributed by atoms with van der Waals surface area (Å²) in [4.78, 5) is 16.9. The molecule has 0 saturated heterocycles. The minimum absolute atomic E-state index is 0.171. The van der Waals surface area contributed by atoms with Gasteiger partial charge in [0.2, 0.25) is 0 Å². The summed E-state index contributed by atoms with van der Waals surface area (Å²) < 4.78 is 0. The number of nitrogens with zero attached hydrogens (tertiary/aromatic N) is 1. The molecule has 0 unspecified atom stereocenters. The first kappa shape index (κ1) is 15.7. The third kappa shape index (κ3) is 3.59. The summed E-state index contributed by atoms with van der Waals surface area (Å²) in [5.74, 6) is -0.171. The van der Waals surface area contributed by atoms with Gasteiger partial charge in [0.1, 0.15) is 0 Å². The summed E-state index contributed by atoms with van der Waals surface area (Å²) >= 11 is 0. The van der Waals surface area contributed by atoms with Gasteiger partial charge in [0, 0.05) is 12.1 Å². The van der Waals surface area contributed by atoms with E-state index in [1.807, 2.05) is 43.3 Å². The highest BCUT2D eigenvalue weighted by molar-refractivity contribution is 5.95. The Labute approximate surface area is 136 Å². The molecule has 1 saturated carbocycles. The van der Waals surface area contributed by atoms with Crippen molar-refractivity contribution in [3.8, 4) is 11.3 Å². The Balaban J connectivity index is 1.71. The van der Waals surface area contributed by atoms with Crippen LogP contribution in [0.2, 0.25) is 0 Å². The molecule has 1 aromatic carbocycles. The Bertz CT molecular complexity index is 692. The van der Waals surface area contributed by atoms with E-state index in [1.54, 1.807) is 6.07 Å². The van der Waals surface area contributed by atoms with Crippen LogP contribution in [0.4, 0.5) is 0 Å². The van der Waals surface area contributed by atoms with Crippen molar-refractivity contribution in [1.29, 1.82) is 0 Å². The van der Waals surface area contributed by atoms with E-state index < -0.39 is 5.60 Å². The van der Waals surface area contributed by atoms with Gasteiger partial charge in [-0.3, -0.25) is 9.78 Å². The van der Waals surface area contributed by atoms with Gasteiger partial charge in [-0.1, -0.05) is 43.2 Å². The minimum atomic E-state index is -0.735. The van der Waals surface area contributed by atoms with Gasteiger partial charge in [0.05, 0.1) is 22.6 Å². The normalized spacial score (nSPS) is 16.3. The van der Waals surface area contributed by atoms with Gasteiger partial charge in [0.25, 0.3) is 5.91 Å². The second kappa shape index (κ2) is 6.50. The van der Waals surface area contributed by atoms with Crippen LogP contribution in [0.3, 0.4) is 0 Å². The predicted molar refractivity (Wildman–Crippen MR) is 90.2 cm³/mol. The molecule has 0 spiro atoms. The van der Waals surface area contributed by atoms with Crippen LogP contribution < -0.4 is 5.32 Å². The maximum absolute atomic E-state index is 12.4. The molecule has 2 aromatic rings. The Hall–Kier alpha value is -2.20. The van der Waals surface area contributed by atoms with Crippen molar-refractivity contribution in [2.24, 2.45) is 0 Å². The molecule has 0 bridgehead atoms. The van der Waals surface area contributed by atoms with E-state index in [2.05, 4.69) is 10.3 Å². The molecule has 2 N–H and O–H groups in total. The van der Waals surface area contributed by atoms with E-state index >= 15 is 0 Å². The van der Waals surface area contributed by atoms with Gasteiger partial charge in [-0.05, 0) is 31.9 Å². The number of aliphatic hydroxyl groups is 1. The first-order valence-electron chi connectivity index (χ1n) is 8.11. The standard InChI is InChI=1S/C19H22N2O2/c1-14-16(18(22)20-13-19(23)11-5-6-12-19)9-10-17(21-14)15-7-3-2-4-8-15/h2-4,7-10,23H,5-6,11-13H2,1H3,(H,20,22). The van der Waals surface area contributed by atoms with E-state index in [-0.39, 0.29) is 5.91 Å². The number of benzene rings is 1. The maximum atomic E-state index is 12.4. The average molecular weight is 310 g/mol. The van der Waals surface area contributed by atoms with E-state index in [9.17, 15) is 9.90 Å². The van der Waals surface area contributed by atoms with Crippen molar-refractivity contribution in [2.75, 3.05) is 6.54 Å². The lowest BCUT2D eigenvalue weighted by atomic mass is 10.0. The third-order valence-corrected chi connectivity index (χ3v) is 4.51. The third-order valence-electron chi connectivity index (χ3n) is 4.51. The van der Waals surface area contributed by atoms with Gasteiger partial charge in [0.15, 0.2) is 0 Å². The molecule has 1 amide bonds. The van der Waals surface area contributed by atoms with Crippen molar-refractivity contribution < 1.29 is 9.90 Å². The van der Waals surface area contributed by atoms with Gasteiger partial charge in [-0.15, -0.1) is 0 Å². The molecular formula is C19H22N2O2.